The first-order valence-corrected chi connectivity index (χ1v) is 8.16. The van der Waals surface area contributed by atoms with Crippen LogP contribution in [0.3, 0.4) is 0 Å². The number of hydrogen-bond donors (Lipinski definition) is 1. The van der Waals surface area contributed by atoms with E-state index in [0.717, 1.165) is 5.92 Å². The van der Waals surface area contributed by atoms with Gasteiger partial charge >= 0.3 is 0 Å². The third kappa shape index (κ3) is 4.07. The van der Waals surface area contributed by atoms with Crippen LogP contribution in [0.15, 0.2) is 30.3 Å². The standard InChI is InChI=1S/C18H29N/c1-3-17(4-2)19-18(15-11-7-5-8-12-15)16-13-9-6-10-14-16/h5,7-8,11-12,16-19H,3-4,6,9-10,13-14H2,1-2H3. The Balaban J connectivity index is 2.12. The summed E-state index contributed by atoms with van der Waals surface area (Å²) in [5.74, 6) is 0.830. The Hall–Kier alpha value is -0.820. The zero-order valence-electron chi connectivity index (χ0n) is 12.6. The molecular formula is C18H29N. The molecule has 19 heavy (non-hydrogen) atoms. The van der Waals surface area contributed by atoms with E-state index in [9.17, 15) is 0 Å². The van der Waals surface area contributed by atoms with Gasteiger partial charge in [-0.15, -0.1) is 0 Å². The molecule has 1 nitrogen and oxygen atoms in total. The van der Waals surface area contributed by atoms with Crippen LogP contribution in [0.25, 0.3) is 0 Å². The van der Waals surface area contributed by atoms with Crippen LogP contribution in [0.5, 0.6) is 0 Å². The van der Waals surface area contributed by atoms with Gasteiger partial charge in [0.05, 0.1) is 0 Å². The van der Waals surface area contributed by atoms with Gasteiger partial charge in [0.1, 0.15) is 0 Å². The molecule has 1 aromatic carbocycles. The molecule has 1 aliphatic carbocycles. The van der Waals surface area contributed by atoms with Gasteiger partial charge in [0.15, 0.2) is 0 Å². The lowest BCUT2D eigenvalue weighted by Crippen LogP contribution is -2.36. The van der Waals surface area contributed by atoms with Gasteiger partial charge in [0.2, 0.25) is 0 Å². The molecule has 0 aromatic heterocycles. The predicted octanol–water partition coefficient (Wildman–Crippen LogP) is 5.09. The van der Waals surface area contributed by atoms with Gasteiger partial charge in [-0.1, -0.05) is 63.4 Å². The second-order valence-corrected chi connectivity index (χ2v) is 5.97. The maximum absolute atomic E-state index is 3.94. The molecule has 1 aromatic rings. The number of benzene rings is 1. The molecule has 1 atom stereocenters. The molecule has 1 unspecified atom stereocenters. The Morgan fingerprint density at radius 1 is 1.00 bits per heavy atom. The van der Waals surface area contributed by atoms with E-state index in [4.69, 9.17) is 0 Å². The fourth-order valence-corrected chi connectivity index (χ4v) is 3.41. The van der Waals surface area contributed by atoms with Gasteiger partial charge in [0, 0.05) is 12.1 Å². The molecule has 0 saturated heterocycles. The highest BCUT2D eigenvalue weighted by molar-refractivity contribution is 5.20. The maximum atomic E-state index is 3.94. The van der Waals surface area contributed by atoms with E-state index in [1.165, 1.54) is 50.5 Å². The Kier molecular flexibility index (Phi) is 5.91. The minimum Gasteiger partial charge on any atom is -0.307 e. The lowest BCUT2D eigenvalue weighted by molar-refractivity contribution is 0.249. The average molecular weight is 259 g/mol. The van der Waals surface area contributed by atoms with E-state index in [1.807, 2.05) is 0 Å². The van der Waals surface area contributed by atoms with Crippen LogP contribution < -0.4 is 5.32 Å². The predicted molar refractivity (Wildman–Crippen MR) is 83.3 cm³/mol. The normalized spacial score (nSPS) is 18.7. The summed E-state index contributed by atoms with van der Waals surface area (Å²) >= 11 is 0. The molecule has 0 spiro atoms. The van der Waals surface area contributed by atoms with Crippen molar-refractivity contribution in [2.24, 2.45) is 5.92 Å². The first-order valence-electron chi connectivity index (χ1n) is 8.16. The summed E-state index contributed by atoms with van der Waals surface area (Å²) < 4.78 is 0. The van der Waals surface area contributed by atoms with Crippen molar-refractivity contribution in [2.75, 3.05) is 0 Å². The van der Waals surface area contributed by atoms with Crippen LogP contribution in [0, 0.1) is 5.92 Å². The van der Waals surface area contributed by atoms with E-state index in [-0.39, 0.29) is 0 Å². The largest absolute Gasteiger partial charge is 0.307 e. The molecular weight excluding hydrogens is 230 g/mol. The lowest BCUT2D eigenvalue weighted by atomic mass is 9.80. The summed E-state index contributed by atoms with van der Waals surface area (Å²) in [5, 5.41) is 3.94. The summed E-state index contributed by atoms with van der Waals surface area (Å²) in [5.41, 5.74) is 1.49. The maximum Gasteiger partial charge on any atom is 0.0351 e. The highest BCUT2D eigenvalue weighted by Gasteiger charge is 2.26. The summed E-state index contributed by atoms with van der Waals surface area (Å²) in [7, 11) is 0. The fraction of sp³-hybridized carbons (Fsp3) is 0.667. The van der Waals surface area contributed by atoms with Gasteiger partial charge in [0.25, 0.3) is 0 Å². The molecule has 1 N–H and O–H groups in total. The number of nitrogens with one attached hydrogen (secondary N) is 1. The van der Waals surface area contributed by atoms with E-state index in [1.54, 1.807) is 0 Å². The zero-order chi connectivity index (χ0) is 13.5. The number of rotatable bonds is 6. The molecule has 0 amide bonds. The van der Waals surface area contributed by atoms with Crippen molar-refractivity contribution >= 4 is 0 Å². The van der Waals surface area contributed by atoms with Crippen molar-refractivity contribution in [3.05, 3.63) is 35.9 Å². The highest BCUT2D eigenvalue weighted by Crippen LogP contribution is 2.35. The van der Waals surface area contributed by atoms with Crippen molar-refractivity contribution < 1.29 is 0 Å². The monoisotopic (exact) mass is 259 g/mol. The molecule has 0 aliphatic heterocycles. The highest BCUT2D eigenvalue weighted by atomic mass is 15.0. The van der Waals surface area contributed by atoms with Gasteiger partial charge in [-0.05, 0) is 37.2 Å². The Morgan fingerprint density at radius 2 is 1.63 bits per heavy atom. The second kappa shape index (κ2) is 7.69. The average Bonchev–Trinajstić information content (AvgIpc) is 2.50. The van der Waals surface area contributed by atoms with Crippen LogP contribution >= 0.6 is 0 Å². The molecule has 1 heteroatoms. The van der Waals surface area contributed by atoms with Crippen LogP contribution in [-0.2, 0) is 0 Å². The van der Waals surface area contributed by atoms with Crippen LogP contribution in [-0.4, -0.2) is 6.04 Å². The van der Waals surface area contributed by atoms with Crippen molar-refractivity contribution in [1.82, 2.24) is 5.32 Å². The molecule has 0 heterocycles. The van der Waals surface area contributed by atoms with Crippen LogP contribution in [0.2, 0.25) is 0 Å². The van der Waals surface area contributed by atoms with E-state index >= 15 is 0 Å². The van der Waals surface area contributed by atoms with Crippen molar-refractivity contribution in [2.45, 2.75) is 70.9 Å². The minimum atomic E-state index is 0.561. The molecule has 1 aliphatic rings. The fourth-order valence-electron chi connectivity index (χ4n) is 3.41. The number of hydrogen-bond acceptors (Lipinski definition) is 1. The summed E-state index contributed by atoms with van der Waals surface area (Å²) in [4.78, 5) is 0. The van der Waals surface area contributed by atoms with Gasteiger partial charge in [-0.25, -0.2) is 0 Å². The van der Waals surface area contributed by atoms with E-state index in [0.29, 0.717) is 12.1 Å². The van der Waals surface area contributed by atoms with E-state index < -0.39 is 0 Å². The Labute approximate surface area is 118 Å². The van der Waals surface area contributed by atoms with Crippen molar-refractivity contribution in [3.8, 4) is 0 Å². The molecule has 1 fully saturated rings. The first kappa shape index (κ1) is 14.6. The zero-order valence-corrected chi connectivity index (χ0v) is 12.6. The van der Waals surface area contributed by atoms with Crippen LogP contribution in [0.1, 0.15) is 70.4 Å². The molecule has 2 rings (SSSR count). The van der Waals surface area contributed by atoms with Gasteiger partial charge in [-0.3, -0.25) is 0 Å². The van der Waals surface area contributed by atoms with Gasteiger partial charge in [-0.2, -0.15) is 0 Å². The Morgan fingerprint density at radius 3 is 2.21 bits per heavy atom. The third-order valence-corrected chi connectivity index (χ3v) is 4.68. The van der Waals surface area contributed by atoms with Gasteiger partial charge < -0.3 is 5.32 Å². The van der Waals surface area contributed by atoms with Crippen LogP contribution in [0.4, 0.5) is 0 Å². The first-order chi connectivity index (χ1) is 9.35. The quantitative estimate of drug-likeness (QED) is 0.750. The smallest absolute Gasteiger partial charge is 0.0351 e. The topological polar surface area (TPSA) is 12.0 Å². The summed E-state index contributed by atoms with van der Waals surface area (Å²) in [6, 6.07) is 12.3. The lowest BCUT2D eigenvalue weighted by Gasteiger charge is -2.34. The SMILES string of the molecule is CCC(CC)NC(c1ccccc1)C1CCCCC1. The third-order valence-electron chi connectivity index (χ3n) is 4.68. The molecule has 0 radical (unpaired) electrons. The second-order valence-electron chi connectivity index (χ2n) is 5.97. The molecule has 106 valence electrons. The van der Waals surface area contributed by atoms with Crippen molar-refractivity contribution in [1.29, 1.82) is 0 Å². The van der Waals surface area contributed by atoms with E-state index in [2.05, 4.69) is 49.5 Å². The summed E-state index contributed by atoms with van der Waals surface area (Å²) in [6.07, 6.45) is 9.51. The molecule has 0 bridgehead atoms. The van der Waals surface area contributed by atoms with Crippen molar-refractivity contribution in [3.63, 3.8) is 0 Å². The Bertz CT molecular complexity index is 336. The minimum absolute atomic E-state index is 0.561. The molecule has 1 saturated carbocycles. The summed E-state index contributed by atoms with van der Waals surface area (Å²) in [6.45, 7) is 4.59.